The summed E-state index contributed by atoms with van der Waals surface area (Å²) in [6, 6.07) is 17.6. The Labute approximate surface area is 167 Å². The highest BCUT2D eigenvalue weighted by atomic mass is 32.1. The van der Waals surface area contributed by atoms with Gasteiger partial charge in [-0.3, -0.25) is 0 Å². The van der Waals surface area contributed by atoms with Gasteiger partial charge in [0.15, 0.2) is 5.11 Å². The van der Waals surface area contributed by atoms with Crippen LogP contribution in [0.1, 0.15) is 29.7 Å². The molecule has 2 aromatic carbocycles. The largest absolute Gasteiger partial charge is 0.370 e. The fraction of sp³-hybridized carbons (Fsp3) is 0.409. The van der Waals surface area contributed by atoms with Crippen LogP contribution in [0, 0.1) is 13.8 Å². The molecule has 1 fully saturated rings. The number of quaternary nitrogens is 1. The van der Waals surface area contributed by atoms with E-state index in [1.54, 1.807) is 4.90 Å². The van der Waals surface area contributed by atoms with Crippen molar-refractivity contribution in [1.82, 2.24) is 5.32 Å². The third-order valence-electron chi connectivity index (χ3n) is 5.36. The van der Waals surface area contributed by atoms with Crippen molar-refractivity contribution in [1.29, 1.82) is 0 Å². The number of thiocarbonyl (C=S) groups is 1. The first-order valence-corrected chi connectivity index (χ1v) is 10.1. The Kier molecular flexibility index (Phi) is 6.83. The van der Waals surface area contributed by atoms with Crippen molar-refractivity contribution in [3.05, 3.63) is 65.2 Å². The Balaban J connectivity index is 1.70. The van der Waals surface area contributed by atoms with Crippen LogP contribution in [0.3, 0.4) is 0 Å². The van der Waals surface area contributed by atoms with Gasteiger partial charge in [0.2, 0.25) is 0 Å². The smallest absolute Gasteiger partial charge is 0.171 e. The van der Waals surface area contributed by atoms with Crippen molar-refractivity contribution in [2.45, 2.75) is 32.9 Å². The lowest BCUT2D eigenvalue weighted by Gasteiger charge is -2.35. The third kappa shape index (κ3) is 5.28. The predicted octanol–water partition coefficient (Wildman–Crippen LogP) is 2.63. The summed E-state index contributed by atoms with van der Waals surface area (Å²) in [5.74, 6) is 0. The molecule has 0 saturated carbocycles. The average Bonchev–Trinajstić information content (AvgIpc) is 2.66. The van der Waals surface area contributed by atoms with Gasteiger partial charge in [0.25, 0.3) is 0 Å². The lowest BCUT2D eigenvalue weighted by Crippen LogP contribution is -3.15. The van der Waals surface area contributed by atoms with Crippen molar-refractivity contribution in [3.8, 4) is 0 Å². The van der Waals surface area contributed by atoms with Crippen LogP contribution in [0.5, 0.6) is 0 Å². The van der Waals surface area contributed by atoms with Crippen LogP contribution < -0.4 is 15.5 Å². The fourth-order valence-electron chi connectivity index (χ4n) is 3.76. The van der Waals surface area contributed by atoms with Crippen molar-refractivity contribution >= 4 is 23.0 Å². The minimum absolute atomic E-state index is 0.201. The standard InChI is InChI=1S/C22H29N3OS/c1-16-9-10-20(15-17(16)2)24-22(27)23-18(3)21(19-7-5-4-6-8-19)25-11-13-26-14-12-25/h4-10,15,18,21H,11-14H2,1-3H3,(H2,23,24,27)/p+1/t18-,21+/m0/s1. The molecule has 5 heteroatoms. The topological polar surface area (TPSA) is 37.7 Å². The molecule has 0 spiro atoms. The van der Waals surface area contributed by atoms with E-state index in [0.29, 0.717) is 11.2 Å². The zero-order valence-electron chi connectivity index (χ0n) is 16.4. The highest BCUT2D eigenvalue weighted by Crippen LogP contribution is 2.16. The number of aryl methyl sites for hydroxylation is 2. The van der Waals surface area contributed by atoms with Gasteiger partial charge < -0.3 is 20.3 Å². The van der Waals surface area contributed by atoms with E-state index in [0.717, 1.165) is 32.0 Å². The molecule has 1 heterocycles. The Morgan fingerprint density at radius 3 is 2.41 bits per heavy atom. The van der Waals surface area contributed by atoms with Gasteiger partial charge in [-0.15, -0.1) is 0 Å². The first-order valence-electron chi connectivity index (χ1n) is 9.66. The number of anilines is 1. The van der Waals surface area contributed by atoms with Crippen molar-refractivity contribution in [2.75, 3.05) is 31.6 Å². The minimum atomic E-state index is 0.201. The summed E-state index contributed by atoms with van der Waals surface area (Å²) < 4.78 is 5.57. The van der Waals surface area contributed by atoms with E-state index in [2.05, 4.69) is 79.9 Å². The van der Waals surface area contributed by atoms with E-state index in [1.807, 2.05) is 0 Å². The number of nitrogens with one attached hydrogen (secondary N) is 3. The monoisotopic (exact) mass is 384 g/mol. The van der Waals surface area contributed by atoms with Crippen LogP contribution >= 0.6 is 12.2 Å². The summed E-state index contributed by atoms with van der Waals surface area (Å²) in [4.78, 5) is 1.54. The molecule has 1 saturated heterocycles. The second-order valence-corrected chi connectivity index (χ2v) is 7.75. The first-order chi connectivity index (χ1) is 13.0. The molecule has 144 valence electrons. The molecular weight excluding hydrogens is 354 g/mol. The Morgan fingerprint density at radius 2 is 1.74 bits per heavy atom. The quantitative estimate of drug-likeness (QED) is 0.693. The lowest BCUT2D eigenvalue weighted by molar-refractivity contribution is -0.940. The van der Waals surface area contributed by atoms with Crippen LogP contribution in [-0.4, -0.2) is 37.5 Å². The van der Waals surface area contributed by atoms with Gasteiger partial charge >= 0.3 is 0 Å². The second kappa shape index (κ2) is 9.31. The molecule has 1 aliphatic rings. The van der Waals surface area contributed by atoms with Gasteiger partial charge in [-0.2, -0.15) is 0 Å². The molecule has 1 aliphatic heterocycles. The third-order valence-corrected chi connectivity index (χ3v) is 5.58. The van der Waals surface area contributed by atoms with Crippen LogP contribution in [-0.2, 0) is 4.74 Å². The SMILES string of the molecule is Cc1ccc(NC(=S)N[C@@H](C)[C@H](c2ccccc2)[NH+]2CCOCC2)cc1C. The molecule has 2 atom stereocenters. The summed E-state index contributed by atoms with van der Waals surface area (Å²) in [6.07, 6.45) is 0. The Hall–Kier alpha value is -1.95. The number of hydrogen-bond donors (Lipinski definition) is 3. The van der Waals surface area contributed by atoms with Crippen LogP contribution in [0.15, 0.2) is 48.5 Å². The molecule has 0 radical (unpaired) electrons. The van der Waals surface area contributed by atoms with Gasteiger partial charge in [-0.1, -0.05) is 36.4 Å². The van der Waals surface area contributed by atoms with Gasteiger partial charge in [0.1, 0.15) is 19.1 Å². The first kappa shape index (κ1) is 19.8. The normalized spacial score (nSPS) is 17.1. The number of benzene rings is 2. The molecule has 4 nitrogen and oxygen atoms in total. The fourth-order valence-corrected chi connectivity index (χ4v) is 4.06. The van der Waals surface area contributed by atoms with E-state index in [-0.39, 0.29) is 6.04 Å². The molecule has 2 aromatic rings. The van der Waals surface area contributed by atoms with Crippen molar-refractivity contribution in [3.63, 3.8) is 0 Å². The molecule has 27 heavy (non-hydrogen) atoms. The van der Waals surface area contributed by atoms with E-state index in [4.69, 9.17) is 17.0 Å². The zero-order chi connectivity index (χ0) is 19.2. The van der Waals surface area contributed by atoms with Crippen molar-refractivity contribution < 1.29 is 9.64 Å². The number of rotatable bonds is 5. The molecule has 3 rings (SSSR count). The molecule has 3 N–H and O–H groups in total. The molecule has 0 aromatic heterocycles. The predicted molar refractivity (Wildman–Crippen MR) is 115 cm³/mol. The zero-order valence-corrected chi connectivity index (χ0v) is 17.2. The maximum Gasteiger partial charge on any atom is 0.171 e. The summed E-state index contributed by atoms with van der Waals surface area (Å²) in [6.45, 7) is 10.1. The van der Waals surface area contributed by atoms with E-state index in [9.17, 15) is 0 Å². The molecular formula is C22H30N3OS+. The van der Waals surface area contributed by atoms with E-state index >= 15 is 0 Å². The minimum Gasteiger partial charge on any atom is -0.370 e. The van der Waals surface area contributed by atoms with Gasteiger partial charge in [-0.05, 0) is 56.2 Å². The molecule has 0 aliphatic carbocycles. The number of morpholine rings is 1. The van der Waals surface area contributed by atoms with Crippen LogP contribution in [0.2, 0.25) is 0 Å². The second-order valence-electron chi connectivity index (χ2n) is 7.35. The highest BCUT2D eigenvalue weighted by molar-refractivity contribution is 7.80. The summed E-state index contributed by atoms with van der Waals surface area (Å²) in [7, 11) is 0. The molecule has 0 unspecified atom stereocenters. The maximum absolute atomic E-state index is 5.60. The van der Waals surface area contributed by atoms with Crippen molar-refractivity contribution in [2.24, 2.45) is 0 Å². The number of hydrogen-bond acceptors (Lipinski definition) is 2. The van der Waals surface area contributed by atoms with E-state index < -0.39 is 0 Å². The summed E-state index contributed by atoms with van der Waals surface area (Å²) >= 11 is 5.60. The molecule has 0 amide bonds. The highest BCUT2D eigenvalue weighted by Gasteiger charge is 2.31. The van der Waals surface area contributed by atoms with Gasteiger partial charge in [0, 0.05) is 11.3 Å². The van der Waals surface area contributed by atoms with Crippen LogP contribution in [0.4, 0.5) is 5.69 Å². The average molecular weight is 385 g/mol. The lowest BCUT2D eigenvalue weighted by atomic mass is 9.98. The van der Waals surface area contributed by atoms with Gasteiger partial charge in [-0.25, -0.2) is 0 Å². The van der Waals surface area contributed by atoms with E-state index in [1.165, 1.54) is 16.7 Å². The Morgan fingerprint density at radius 1 is 1.04 bits per heavy atom. The van der Waals surface area contributed by atoms with Gasteiger partial charge in [0.05, 0.1) is 19.3 Å². The number of ether oxygens (including phenoxy) is 1. The summed E-state index contributed by atoms with van der Waals surface area (Å²) in [5.41, 5.74) is 4.91. The Bertz CT molecular complexity index is 759. The maximum atomic E-state index is 5.60. The van der Waals surface area contributed by atoms with Crippen LogP contribution in [0.25, 0.3) is 0 Å². The molecule has 0 bridgehead atoms. The summed E-state index contributed by atoms with van der Waals surface area (Å²) in [5, 5.41) is 7.52.